The van der Waals surface area contributed by atoms with Crippen LogP contribution in [0, 0.1) is 6.92 Å². The Morgan fingerprint density at radius 2 is 1.84 bits per heavy atom. The third-order valence-corrected chi connectivity index (χ3v) is 5.35. The highest BCUT2D eigenvalue weighted by atomic mass is 16.5. The maximum Gasteiger partial charge on any atom is 0.251 e. The van der Waals surface area contributed by atoms with Gasteiger partial charge >= 0.3 is 0 Å². The first kappa shape index (κ1) is 22.8. The van der Waals surface area contributed by atoms with E-state index in [0.717, 1.165) is 42.7 Å². The van der Waals surface area contributed by atoms with Gasteiger partial charge in [-0.15, -0.1) is 0 Å². The molecule has 0 atom stereocenters. The average molecular weight is 426 g/mol. The largest absolute Gasteiger partial charge is 0.494 e. The SMILES string of the molecule is CCCCCOc1ccc(C(=O)NCCNc2cc(N3CCCCC3)nc(C)n2)cc1. The van der Waals surface area contributed by atoms with Crippen molar-refractivity contribution in [3.8, 4) is 5.75 Å². The molecule has 1 fully saturated rings. The Hall–Kier alpha value is -2.83. The van der Waals surface area contributed by atoms with E-state index in [9.17, 15) is 4.79 Å². The standard InChI is InChI=1S/C24H35N5O2/c1-3-4-8-17-31-21-11-9-20(10-12-21)24(30)26-14-13-25-22-18-23(28-19(2)27-22)29-15-6-5-7-16-29/h9-12,18H,3-8,13-17H2,1-2H3,(H,26,30)(H,25,27,28). The molecule has 1 aromatic carbocycles. The highest BCUT2D eigenvalue weighted by molar-refractivity contribution is 5.94. The summed E-state index contributed by atoms with van der Waals surface area (Å²) < 4.78 is 5.70. The molecule has 1 aliphatic rings. The van der Waals surface area contributed by atoms with Crippen molar-refractivity contribution >= 4 is 17.5 Å². The Bertz CT molecular complexity index is 819. The molecule has 0 bridgehead atoms. The molecule has 1 aromatic heterocycles. The third kappa shape index (κ3) is 7.42. The fraction of sp³-hybridized carbons (Fsp3) is 0.542. The summed E-state index contributed by atoms with van der Waals surface area (Å²) in [7, 11) is 0. The van der Waals surface area contributed by atoms with E-state index < -0.39 is 0 Å². The lowest BCUT2D eigenvalue weighted by Crippen LogP contribution is -2.31. The van der Waals surface area contributed by atoms with Crippen molar-refractivity contribution < 1.29 is 9.53 Å². The summed E-state index contributed by atoms with van der Waals surface area (Å²) in [5.74, 6) is 3.25. The van der Waals surface area contributed by atoms with Gasteiger partial charge in [-0.25, -0.2) is 9.97 Å². The number of amides is 1. The number of nitrogens with one attached hydrogen (secondary N) is 2. The molecule has 31 heavy (non-hydrogen) atoms. The Balaban J connectivity index is 1.42. The molecule has 7 nitrogen and oxygen atoms in total. The van der Waals surface area contributed by atoms with Crippen LogP contribution in [-0.4, -0.2) is 48.7 Å². The van der Waals surface area contributed by atoms with E-state index in [4.69, 9.17) is 4.74 Å². The van der Waals surface area contributed by atoms with Crippen LogP contribution >= 0.6 is 0 Å². The second-order valence-electron chi connectivity index (χ2n) is 7.97. The van der Waals surface area contributed by atoms with Gasteiger partial charge in [0.25, 0.3) is 5.91 Å². The highest BCUT2D eigenvalue weighted by Gasteiger charge is 2.14. The summed E-state index contributed by atoms with van der Waals surface area (Å²) >= 11 is 0. The lowest BCUT2D eigenvalue weighted by Gasteiger charge is -2.28. The van der Waals surface area contributed by atoms with Crippen molar-refractivity contribution in [2.45, 2.75) is 52.4 Å². The fourth-order valence-corrected chi connectivity index (χ4v) is 3.64. The highest BCUT2D eigenvalue weighted by Crippen LogP contribution is 2.20. The predicted octanol–water partition coefficient (Wildman–Crippen LogP) is 4.19. The minimum atomic E-state index is -0.0905. The molecule has 0 radical (unpaired) electrons. The molecule has 2 aromatic rings. The van der Waals surface area contributed by atoms with Crippen LogP contribution in [0.15, 0.2) is 30.3 Å². The first-order valence-corrected chi connectivity index (χ1v) is 11.5. The van der Waals surface area contributed by atoms with Crippen LogP contribution < -0.4 is 20.3 Å². The number of anilines is 2. The molecule has 0 aliphatic carbocycles. The number of nitrogens with zero attached hydrogens (tertiary/aromatic N) is 3. The number of unbranched alkanes of at least 4 members (excludes halogenated alkanes) is 2. The minimum Gasteiger partial charge on any atom is -0.494 e. The Kier molecular flexibility index (Phi) is 8.94. The van der Waals surface area contributed by atoms with Crippen LogP contribution in [-0.2, 0) is 0 Å². The van der Waals surface area contributed by atoms with Gasteiger partial charge in [0.2, 0.25) is 0 Å². The molecular formula is C24H35N5O2. The summed E-state index contributed by atoms with van der Waals surface area (Å²) in [5.41, 5.74) is 0.631. The third-order valence-electron chi connectivity index (χ3n) is 5.35. The quantitative estimate of drug-likeness (QED) is 0.526. The summed E-state index contributed by atoms with van der Waals surface area (Å²) in [6.45, 7) is 8.01. The number of aryl methyl sites for hydroxylation is 1. The molecule has 2 heterocycles. The van der Waals surface area contributed by atoms with Crippen LogP contribution in [0.3, 0.4) is 0 Å². The molecule has 168 valence electrons. The minimum absolute atomic E-state index is 0.0905. The van der Waals surface area contributed by atoms with E-state index in [1.54, 1.807) is 12.1 Å². The molecular weight excluding hydrogens is 390 g/mol. The lowest BCUT2D eigenvalue weighted by atomic mass is 10.1. The monoisotopic (exact) mass is 425 g/mol. The summed E-state index contributed by atoms with van der Waals surface area (Å²) in [4.78, 5) is 23.7. The molecule has 0 spiro atoms. The summed E-state index contributed by atoms with van der Waals surface area (Å²) in [6, 6.07) is 9.31. The smallest absolute Gasteiger partial charge is 0.251 e. The number of ether oxygens (including phenoxy) is 1. The topological polar surface area (TPSA) is 79.4 Å². The van der Waals surface area contributed by atoms with Gasteiger partial charge in [0.15, 0.2) is 0 Å². The predicted molar refractivity (Wildman–Crippen MR) is 125 cm³/mol. The number of piperidine rings is 1. The van der Waals surface area contributed by atoms with E-state index >= 15 is 0 Å². The van der Waals surface area contributed by atoms with Gasteiger partial charge in [-0.2, -0.15) is 0 Å². The van der Waals surface area contributed by atoms with Crippen LogP contribution in [0.5, 0.6) is 5.75 Å². The van der Waals surface area contributed by atoms with E-state index in [-0.39, 0.29) is 5.91 Å². The van der Waals surface area contributed by atoms with Gasteiger partial charge in [0.1, 0.15) is 23.2 Å². The van der Waals surface area contributed by atoms with Gasteiger partial charge in [0.05, 0.1) is 6.61 Å². The van der Waals surface area contributed by atoms with Crippen molar-refractivity contribution in [1.82, 2.24) is 15.3 Å². The number of benzene rings is 1. The zero-order valence-corrected chi connectivity index (χ0v) is 18.8. The van der Waals surface area contributed by atoms with Crippen molar-refractivity contribution in [3.63, 3.8) is 0 Å². The van der Waals surface area contributed by atoms with E-state index in [1.165, 1.54) is 32.1 Å². The molecule has 1 saturated heterocycles. The molecule has 1 amide bonds. The maximum absolute atomic E-state index is 12.4. The van der Waals surface area contributed by atoms with Crippen molar-refractivity contribution in [3.05, 3.63) is 41.7 Å². The van der Waals surface area contributed by atoms with Crippen molar-refractivity contribution in [2.24, 2.45) is 0 Å². The number of hydrogen-bond donors (Lipinski definition) is 2. The van der Waals surface area contributed by atoms with Crippen LogP contribution in [0.4, 0.5) is 11.6 Å². The molecule has 2 N–H and O–H groups in total. The van der Waals surface area contributed by atoms with Gasteiger partial charge in [0, 0.05) is 37.8 Å². The Morgan fingerprint density at radius 3 is 2.58 bits per heavy atom. The molecule has 7 heteroatoms. The van der Waals surface area contributed by atoms with E-state index in [1.807, 2.05) is 25.1 Å². The summed E-state index contributed by atoms with van der Waals surface area (Å²) in [6.07, 6.45) is 7.11. The first-order chi connectivity index (χ1) is 15.2. The fourth-order valence-electron chi connectivity index (χ4n) is 3.64. The molecule has 3 rings (SSSR count). The van der Waals surface area contributed by atoms with Gasteiger partial charge < -0.3 is 20.3 Å². The molecule has 0 unspecified atom stereocenters. The normalized spacial score (nSPS) is 13.7. The number of carbonyl (C=O) groups excluding carboxylic acids is 1. The second kappa shape index (κ2) is 12.1. The lowest BCUT2D eigenvalue weighted by molar-refractivity contribution is 0.0955. The Morgan fingerprint density at radius 1 is 1.06 bits per heavy atom. The number of aromatic nitrogens is 2. The van der Waals surface area contributed by atoms with Gasteiger partial charge in [-0.05, 0) is 56.9 Å². The number of hydrogen-bond acceptors (Lipinski definition) is 6. The maximum atomic E-state index is 12.4. The Labute approximate surface area is 185 Å². The zero-order chi connectivity index (χ0) is 21.9. The second-order valence-corrected chi connectivity index (χ2v) is 7.97. The zero-order valence-electron chi connectivity index (χ0n) is 18.8. The molecule has 0 saturated carbocycles. The van der Waals surface area contributed by atoms with Crippen molar-refractivity contribution in [1.29, 1.82) is 0 Å². The van der Waals surface area contributed by atoms with Gasteiger partial charge in [-0.1, -0.05) is 19.8 Å². The van der Waals surface area contributed by atoms with E-state index in [2.05, 4.69) is 32.4 Å². The van der Waals surface area contributed by atoms with Crippen LogP contribution in [0.25, 0.3) is 0 Å². The molecule has 1 aliphatic heterocycles. The number of rotatable bonds is 11. The van der Waals surface area contributed by atoms with Gasteiger partial charge in [-0.3, -0.25) is 4.79 Å². The van der Waals surface area contributed by atoms with E-state index in [0.29, 0.717) is 25.3 Å². The van der Waals surface area contributed by atoms with Crippen LogP contribution in [0.1, 0.15) is 61.6 Å². The summed E-state index contributed by atoms with van der Waals surface area (Å²) in [5, 5.41) is 6.25. The van der Waals surface area contributed by atoms with Crippen LogP contribution in [0.2, 0.25) is 0 Å². The number of carbonyl (C=O) groups is 1. The first-order valence-electron chi connectivity index (χ1n) is 11.5. The average Bonchev–Trinajstić information content (AvgIpc) is 2.80. The van der Waals surface area contributed by atoms with Crippen molar-refractivity contribution in [2.75, 3.05) is 43.0 Å².